The highest BCUT2D eigenvalue weighted by atomic mass is 79.9. The van der Waals surface area contributed by atoms with Gasteiger partial charge < -0.3 is 4.74 Å². The number of hydrazone groups is 1. The van der Waals surface area contributed by atoms with Gasteiger partial charge in [0.05, 0.1) is 11.1 Å². The summed E-state index contributed by atoms with van der Waals surface area (Å²) in [5.74, 6) is 0.589. The summed E-state index contributed by atoms with van der Waals surface area (Å²) in [7, 11) is -3.72. The second kappa shape index (κ2) is 9.36. The zero-order valence-electron chi connectivity index (χ0n) is 14.5. The van der Waals surface area contributed by atoms with Gasteiger partial charge in [-0.15, -0.1) is 0 Å². The molecule has 0 aromatic heterocycles. The number of sulfonamides is 1. The van der Waals surface area contributed by atoms with Crippen LogP contribution in [0.4, 0.5) is 0 Å². The minimum absolute atomic E-state index is 0.146. The highest BCUT2D eigenvalue weighted by Gasteiger charge is 2.11. The van der Waals surface area contributed by atoms with Crippen LogP contribution < -0.4 is 9.57 Å². The summed E-state index contributed by atoms with van der Waals surface area (Å²) in [5.41, 5.74) is 1.64. The van der Waals surface area contributed by atoms with Gasteiger partial charge in [0.25, 0.3) is 10.0 Å². The minimum Gasteiger partial charge on any atom is -0.488 e. The normalized spacial score (nSPS) is 11.5. The lowest BCUT2D eigenvalue weighted by atomic mass is 10.2. The summed E-state index contributed by atoms with van der Waals surface area (Å²) in [6, 6.07) is 21.3. The fourth-order valence-electron chi connectivity index (χ4n) is 2.36. The molecule has 0 aliphatic carbocycles. The van der Waals surface area contributed by atoms with Crippen LogP contribution in [0.3, 0.4) is 0 Å². The van der Waals surface area contributed by atoms with Gasteiger partial charge in [-0.3, -0.25) is 0 Å². The van der Waals surface area contributed by atoms with Gasteiger partial charge in [0.1, 0.15) is 12.4 Å². The average molecular weight is 524 g/mol. The molecule has 8 heteroatoms. The van der Waals surface area contributed by atoms with Crippen molar-refractivity contribution < 1.29 is 13.2 Å². The van der Waals surface area contributed by atoms with Gasteiger partial charge in [-0.2, -0.15) is 13.5 Å². The third-order valence-corrected chi connectivity index (χ3v) is 5.91. The van der Waals surface area contributed by atoms with Crippen molar-refractivity contribution in [3.63, 3.8) is 0 Å². The molecule has 0 aliphatic heterocycles. The molecular weight excluding hydrogens is 508 g/mol. The first-order chi connectivity index (χ1) is 13.4. The van der Waals surface area contributed by atoms with Crippen molar-refractivity contribution in [3.8, 4) is 5.75 Å². The van der Waals surface area contributed by atoms with Crippen molar-refractivity contribution in [1.29, 1.82) is 0 Å². The molecule has 0 aliphatic rings. The fraction of sp³-hybridized carbons (Fsp3) is 0.0500. The topological polar surface area (TPSA) is 67.8 Å². The van der Waals surface area contributed by atoms with E-state index in [9.17, 15) is 8.42 Å². The largest absolute Gasteiger partial charge is 0.488 e. The van der Waals surface area contributed by atoms with Crippen LogP contribution in [0.15, 0.2) is 91.7 Å². The highest BCUT2D eigenvalue weighted by Crippen LogP contribution is 2.23. The predicted molar refractivity (Wildman–Crippen MR) is 117 cm³/mol. The van der Waals surface area contributed by atoms with E-state index in [4.69, 9.17) is 4.74 Å². The number of nitrogens with one attached hydrogen (secondary N) is 1. The summed E-state index contributed by atoms with van der Waals surface area (Å²) >= 11 is 6.84. The Morgan fingerprint density at radius 1 is 0.929 bits per heavy atom. The Kier molecular flexibility index (Phi) is 6.88. The molecule has 0 saturated carbocycles. The fourth-order valence-corrected chi connectivity index (χ4v) is 3.99. The van der Waals surface area contributed by atoms with Gasteiger partial charge in [0.15, 0.2) is 0 Å². The molecule has 0 spiro atoms. The van der Waals surface area contributed by atoms with Crippen LogP contribution >= 0.6 is 31.9 Å². The number of hydrogen-bond acceptors (Lipinski definition) is 4. The quantitative estimate of drug-likeness (QED) is 0.346. The smallest absolute Gasteiger partial charge is 0.276 e. The van der Waals surface area contributed by atoms with E-state index in [1.807, 2.05) is 30.3 Å². The zero-order chi connectivity index (χ0) is 20.0. The van der Waals surface area contributed by atoms with Crippen molar-refractivity contribution in [2.75, 3.05) is 0 Å². The summed E-state index contributed by atoms with van der Waals surface area (Å²) in [4.78, 5) is 2.36. The number of rotatable bonds is 7. The molecule has 0 radical (unpaired) electrons. The van der Waals surface area contributed by atoms with Crippen LogP contribution in [-0.4, -0.2) is 14.6 Å². The summed E-state index contributed by atoms with van der Waals surface area (Å²) in [6.07, 6.45) is 1.42. The molecule has 0 fully saturated rings. The van der Waals surface area contributed by atoms with E-state index in [2.05, 4.69) is 41.8 Å². The Bertz CT molecular complexity index is 1090. The number of halogens is 2. The van der Waals surface area contributed by atoms with Gasteiger partial charge in [-0.1, -0.05) is 62.2 Å². The van der Waals surface area contributed by atoms with Gasteiger partial charge in [0.2, 0.25) is 0 Å². The molecule has 5 nitrogen and oxygen atoms in total. The maximum absolute atomic E-state index is 12.2. The Morgan fingerprint density at radius 2 is 1.68 bits per heavy atom. The first-order valence-electron chi connectivity index (χ1n) is 8.21. The van der Waals surface area contributed by atoms with Crippen LogP contribution in [0.5, 0.6) is 5.75 Å². The summed E-state index contributed by atoms with van der Waals surface area (Å²) in [6.45, 7) is 0.373. The van der Waals surface area contributed by atoms with E-state index in [0.29, 0.717) is 17.9 Å². The van der Waals surface area contributed by atoms with Crippen LogP contribution in [0.25, 0.3) is 0 Å². The summed E-state index contributed by atoms with van der Waals surface area (Å²) < 4.78 is 32.2. The van der Waals surface area contributed by atoms with Gasteiger partial charge in [-0.05, 0) is 48.0 Å². The molecule has 0 heterocycles. The molecule has 3 rings (SSSR count). The van der Waals surface area contributed by atoms with Crippen LogP contribution in [0.2, 0.25) is 0 Å². The molecule has 0 amide bonds. The first kappa shape index (κ1) is 20.6. The Labute approximate surface area is 180 Å². The van der Waals surface area contributed by atoms with Gasteiger partial charge in [0, 0.05) is 14.5 Å². The van der Waals surface area contributed by atoms with Gasteiger partial charge in [-0.25, -0.2) is 4.83 Å². The van der Waals surface area contributed by atoms with Crippen molar-refractivity contribution >= 4 is 48.1 Å². The maximum atomic E-state index is 12.2. The lowest BCUT2D eigenvalue weighted by molar-refractivity contribution is 0.305. The standard InChI is InChI=1S/C20H16Br2N2O3S/c21-17-6-4-5-15(11-17)14-27-20-10-9-18(22)12-16(20)13-23-24-28(25,26)19-7-2-1-3-8-19/h1-13,24H,14H2. The van der Waals surface area contributed by atoms with Crippen molar-refractivity contribution in [1.82, 2.24) is 4.83 Å². The Morgan fingerprint density at radius 3 is 2.43 bits per heavy atom. The van der Waals surface area contributed by atoms with Gasteiger partial charge >= 0.3 is 0 Å². The lowest BCUT2D eigenvalue weighted by Gasteiger charge is -2.10. The molecule has 0 bridgehead atoms. The molecule has 0 saturated heterocycles. The third kappa shape index (κ3) is 5.67. The van der Waals surface area contributed by atoms with Crippen molar-refractivity contribution in [2.45, 2.75) is 11.5 Å². The molecular formula is C20H16Br2N2O3S. The number of nitrogens with zero attached hydrogens (tertiary/aromatic N) is 1. The minimum atomic E-state index is -3.72. The maximum Gasteiger partial charge on any atom is 0.276 e. The SMILES string of the molecule is O=S(=O)(NN=Cc1cc(Br)ccc1OCc1cccc(Br)c1)c1ccccc1. The molecule has 28 heavy (non-hydrogen) atoms. The van der Waals surface area contributed by atoms with E-state index < -0.39 is 10.0 Å². The molecule has 0 atom stereocenters. The van der Waals surface area contributed by atoms with Crippen LogP contribution in [0.1, 0.15) is 11.1 Å². The summed E-state index contributed by atoms with van der Waals surface area (Å²) in [5, 5.41) is 3.89. The molecule has 144 valence electrons. The first-order valence-corrected chi connectivity index (χ1v) is 11.3. The van der Waals surface area contributed by atoms with Crippen molar-refractivity contribution in [2.24, 2.45) is 5.10 Å². The van der Waals surface area contributed by atoms with Crippen molar-refractivity contribution in [3.05, 3.63) is 92.9 Å². The van der Waals surface area contributed by atoms with E-state index >= 15 is 0 Å². The zero-order valence-corrected chi connectivity index (χ0v) is 18.5. The van der Waals surface area contributed by atoms with E-state index in [0.717, 1.165) is 14.5 Å². The lowest BCUT2D eigenvalue weighted by Crippen LogP contribution is -2.18. The second-order valence-corrected chi connectivity index (χ2v) is 9.26. The van der Waals surface area contributed by atoms with Crippen LogP contribution in [0, 0.1) is 0 Å². The highest BCUT2D eigenvalue weighted by molar-refractivity contribution is 9.10. The second-order valence-electron chi connectivity index (χ2n) is 5.77. The number of ether oxygens (including phenoxy) is 1. The van der Waals surface area contributed by atoms with E-state index in [1.54, 1.807) is 30.3 Å². The average Bonchev–Trinajstić information content (AvgIpc) is 2.68. The molecule has 3 aromatic rings. The van der Waals surface area contributed by atoms with E-state index in [-0.39, 0.29) is 4.90 Å². The predicted octanol–water partition coefficient (Wildman–Crippen LogP) is 5.10. The monoisotopic (exact) mass is 522 g/mol. The molecule has 3 aromatic carbocycles. The number of hydrogen-bond donors (Lipinski definition) is 1. The number of benzene rings is 3. The molecule has 0 unspecified atom stereocenters. The van der Waals surface area contributed by atoms with Crippen LogP contribution in [-0.2, 0) is 16.6 Å². The van der Waals surface area contributed by atoms with E-state index in [1.165, 1.54) is 18.3 Å². The Hall–Kier alpha value is -2.16. The Balaban J connectivity index is 1.74. The molecule has 1 N–H and O–H groups in total. The third-order valence-electron chi connectivity index (χ3n) is 3.69.